The number of hydrogen-bond donors (Lipinski definition) is 1. The number of fused-ring (bicyclic) bond motifs is 1. The third kappa shape index (κ3) is 3.34. The van der Waals surface area contributed by atoms with Crippen molar-refractivity contribution in [2.24, 2.45) is 0 Å². The highest BCUT2D eigenvalue weighted by molar-refractivity contribution is 7.53. The first kappa shape index (κ1) is 19.1. The van der Waals surface area contributed by atoms with E-state index in [-0.39, 0.29) is 30.1 Å². The lowest BCUT2D eigenvalue weighted by molar-refractivity contribution is -0.185. The van der Waals surface area contributed by atoms with Crippen molar-refractivity contribution in [2.75, 3.05) is 37.7 Å². The van der Waals surface area contributed by atoms with Crippen molar-refractivity contribution < 1.29 is 23.7 Å². The quantitative estimate of drug-likeness (QED) is 0.764. The number of carboxylic acids is 1. The zero-order chi connectivity index (χ0) is 20.2. The Kier molecular flexibility index (Phi) is 4.56. The topological polar surface area (TPSA) is 106 Å². The van der Waals surface area contributed by atoms with Crippen LogP contribution < -0.4 is 15.2 Å². The van der Waals surface area contributed by atoms with Crippen LogP contribution in [0.4, 0.5) is 10.1 Å². The summed E-state index contributed by atoms with van der Waals surface area (Å²) in [6.45, 7) is 2.38. The van der Waals surface area contributed by atoms with Gasteiger partial charge < -0.3 is 24.0 Å². The molecule has 1 aromatic heterocycles. The van der Waals surface area contributed by atoms with Crippen molar-refractivity contribution in [1.29, 1.82) is 0 Å². The van der Waals surface area contributed by atoms with E-state index in [0.717, 1.165) is 18.9 Å². The molecule has 8 nitrogen and oxygen atoms in total. The molecule has 2 aliphatic rings. The number of aromatic nitrogens is 1. The van der Waals surface area contributed by atoms with Crippen molar-refractivity contribution in [3.05, 3.63) is 39.9 Å². The number of rotatable bonds is 4. The van der Waals surface area contributed by atoms with E-state index in [2.05, 4.69) is 0 Å². The van der Waals surface area contributed by atoms with Gasteiger partial charge in [-0.3, -0.25) is 9.46 Å². The molecule has 2 heterocycles. The highest BCUT2D eigenvalue weighted by Crippen LogP contribution is 2.39. The third-order valence-corrected chi connectivity index (χ3v) is 6.81. The van der Waals surface area contributed by atoms with E-state index in [0.29, 0.717) is 24.3 Å². The van der Waals surface area contributed by atoms with Crippen LogP contribution in [0.15, 0.2) is 23.1 Å². The van der Waals surface area contributed by atoms with Gasteiger partial charge >= 0.3 is 5.97 Å². The van der Waals surface area contributed by atoms with Crippen LogP contribution in [0.2, 0.25) is 0 Å². The van der Waals surface area contributed by atoms with E-state index in [9.17, 15) is 28.5 Å². The molecule has 0 bridgehead atoms. The van der Waals surface area contributed by atoms with E-state index in [1.54, 1.807) is 15.5 Å². The molecule has 10 heteroatoms. The van der Waals surface area contributed by atoms with Crippen molar-refractivity contribution in [1.82, 2.24) is 9.24 Å². The van der Waals surface area contributed by atoms with Gasteiger partial charge in [0, 0.05) is 43.8 Å². The van der Waals surface area contributed by atoms with Gasteiger partial charge in [-0.05, 0) is 31.6 Å². The fourth-order valence-electron chi connectivity index (χ4n) is 3.71. The maximum atomic E-state index is 14.8. The first-order valence-corrected chi connectivity index (χ1v) is 11.1. The summed E-state index contributed by atoms with van der Waals surface area (Å²) in [6, 6.07) is 2.78. The summed E-state index contributed by atoms with van der Waals surface area (Å²) < 4.78 is 29.7. The molecule has 1 saturated heterocycles. The van der Waals surface area contributed by atoms with Gasteiger partial charge in [-0.15, -0.1) is 0 Å². The molecule has 1 atom stereocenters. The third-order valence-electron chi connectivity index (χ3n) is 5.38. The predicted molar refractivity (Wildman–Crippen MR) is 101 cm³/mol. The predicted octanol–water partition coefficient (Wildman–Crippen LogP) is 1.48. The molecule has 1 aromatic carbocycles. The first-order chi connectivity index (χ1) is 13.2. The average Bonchev–Trinajstić information content (AvgIpc) is 3.46. The second kappa shape index (κ2) is 6.69. The molecule has 0 amide bonds. The molecule has 150 valence electrons. The minimum Gasteiger partial charge on any atom is -0.788 e. The molecule has 28 heavy (non-hydrogen) atoms. The number of nitrogens with zero attached hydrogens (tertiary/aromatic N) is 3. The van der Waals surface area contributed by atoms with Crippen molar-refractivity contribution in [3.8, 4) is 0 Å². The Hall–Kier alpha value is -2.22. The van der Waals surface area contributed by atoms with Crippen molar-refractivity contribution >= 4 is 30.1 Å². The van der Waals surface area contributed by atoms with Crippen LogP contribution in [0.1, 0.15) is 29.2 Å². The number of carbonyl (C=O) groups is 1. The molecular formula is C18H20FN3O5P-. The van der Waals surface area contributed by atoms with E-state index in [1.807, 2.05) is 0 Å². The smallest absolute Gasteiger partial charge is 0.341 e. The van der Waals surface area contributed by atoms with Crippen LogP contribution >= 0.6 is 7.52 Å². The van der Waals surface area contributed by atoms with E-state index in [1.165, 1.54) is 17.5 Å². The van der Waals surface area contributed by atoms with Crippen LogP contribution in [-0.2, 0) is 4.57 Å². The number of hydrogen-bond acceptors (Lipinski definition) is 5. The lowest BCUT2D eigenvalue weighted by atomic mass is 10.1. The number of aromatic carboxylic acids is 1. The zero-order valence-electron chi connectivity index (χ0n) is 15.3. The van der Waals surface area contributed by atoms with Crippen LogP contribution in [0.5, 0.6) is 0 Å². The molecule has 1 aliphatic carbocycles. The van der Waals surface area contributed by atoms with Crippen LogP contribution in [0, 0.1) is 5.82 Å². The van der Waals surface area contributed by atoms with Gasteiger partial charge in [0.1, 0.15) is 11.4 Å². The van der Waals surface area contributed by atoms with E-state index >= 15 is 0 Å². The van der Waals surface area contributed by atoms with Crippen molar-refractivity contribution in [3.63, 3.8) is 0 Å². The molecule has 1 N–H and O–H groups in total. The zero-order valence-corrected chi connectivity index (χ0v) is 16.2. The molecule has 0 spiro atoms. The molecule has 1 unspecified atom stereocenters. The Bertz CT molecular complexity index is 1070. The number of pyridine rings is 1. The largest absolute Gasteiger partial charge is 0.788 e. The molecule has 4 rings (SSSR count). The lowest BCUT2D eigenvalue weighted by Gasteiger charge is -2.41. The Labute approximate surface area is 160 Å². The average molecular weight is 408 g/mol. The summed E-state index contributed by atoms with van der Waals surface area (Å²) >= 11 is 0. The second-order valence-corrected chi connectivity index (χ2v) is 9.55. The van der Waals surface area contributed by atoms with Gasteiger partial charge in [0.15, 0.2) is 0 Å². The summed E-state index contributed by atoms with van der Waals surface area (Å²) in [5.41, 5.74) is -0.274. The normalized spacial score (nSPS) is 20.3. The summed E-state index contributed by atoms with van der Waals surface area (Å²) in [7, 11) is -3.58. The molecule has 1 saturated carbocycles. The maximum Gasteiger partial charge on any atom is 0.341 e. The number of halogens is 1. The number of anilines is 1. The van der Waals surface area contributed by atoms with Gasteiger partial charge in [0.25, 0.3) is 0 Å². The first-order valence-electron chi connectivity index (χ1n) is 9.07. The van der Waals surface area contributed by atoms with Crippen molar-refractivity contribution in [2.45, 2.75) is 18.9 Å². The van der Waals surface area contributed by atoms with Gasteiger partial charge in [-0.2, -0.15) is 0 Å². The standard InChI is InChI=1S/C18H21FN3O5P/c1-28(26,27)21-6-4-20(5-7-21)16-9-15-12(8-14(16)19)17(23)13(18(24)25)10-22(15)11-2-3-11/h8-11H,2-7H2,1H3,(H,24,25)(H,26,27)/p-1. The maximum absolute atomic E-state index is 14.8. The summed E-state index contributed by atoms with van der Waals surface area (Å²) in [5.74, 6) is -1.95. The van der Waals surface area contributed by atoms with Crippen LogP contribution in [0.25, 0.3) is 10.9 Å². The van der Waals surface area contributed by atoms with Gasteiger partial charge in [-0.25, -0.2) is 9.18 Å². The van der Waals surface area contributed by atoms with Gasteiger partial charge in [-0.1, -0.05) is 0 Å². The minimum absolute atomic E-state index is 0.0457. The molecule has 0 radical (unpaired) electrons. The minimum atomic E-state index is -3.58. The lowest BCUT2D eigenvalue weighted by Crippen LogP contribution is -2.46. The highest BCUT2D eigenvalue weighted by Gasteiger charge is 2.29. The van der Waals surface area contributed by atoms with Crippen LogP contribution in [-0.4, -0.2) is 53.2 Å². The number of piperazine rings is 1. The Morgan fingerprint density at radius 1 is 1.25 bits per heavy atom. The summed E-state index contributed by atoms with van der Waals surface area (Å²) in [6.07, 6.45) is 3.09. The molecule has 2 fully saturated rings. The van der Waals surface area contributed by atoms with E-state index in [4.69, 9.17) is 0 Å². The summed E-state index contributed by atoms with van der Waals surface area (Å²) in [4.78, 5) is 37.4. The molecule has 1 aliphatic heterocycles. The van der Waals surface area contributed by atoms with E-state index < -0.39 is 24.7 Å². The Balaban J connectivity index is 1.77. The SMILES string of the molecule is CP(=O)([O-])N1CCN(c2cc3c(cc2F)c(=O)c(C(=O)O)cn3C2CC2)CC1. The fourth-order valence-corrected chi connectivity index (χ4v) is 4.61. The monoisotopic (exact) mass is 408 g/mol. The number of carboxylic acid groups (broad SMARTS) is 1. The highest BCUT2D eigenvalue weighted by atomic mass is 31.2. The van der Waals surface area contributed by atoms with Gasteiger partial charge in [0.05, 0.1) is 18.7 Å². The van der Waals surface area contributed by atoms with Gasteiger partial charge in [0.2, 0.25) is 5.43 Å². The fraction of sp³-hybridized carbons (Fsp3) is 0.444. The molecular weight excluding hydrogens is 388 g/mol. The molecule has 2 aromatic rings. The Morgan fingerprint density at radius 2 is 1.89 bits per heavy atom. The van der Waals surface area contributed by atoms with Crippen LogP contribution in [0.3, 0.4) is 0 Å². The number of benzene rings is 1. The second-order valence-electron chi connectivity index (χ2n) is 7.38. The Morgan fingerprint density at radius 3 is 2.43 bits per heavy atom. The summed E-state index contributed by atoms with van der Waals surface area (Å²) in [5, 5.41) is 9.35.